The van der Waals surface area contributed by atoms with E-state index < -0.39 is 0 Å². The molecule has 0 saturated heterocycles. The van der Waals surface area contributed by atoms with Crippen LogP contribution in [0.3, 0.4) is 0 Å². The van der Waals surface area contributed by atoms with Crippen molar-refractivity contribution in [1.29, 1.82) is 0 Å². The van der Waals surface area contributed by atoms with Gasteiger partial charge in [-0.05, 0) is 28.8 Å². The maximum absolute atomic E-state index is 6.45. The van der Waals surface area contributed by atoms with E-state index in [0.717, 1.165) is 5.56 Å². The molecular formula is C18H17N. The Morgan fingerprint density at radius 2 is 1.58 bits per heavy atom. The molecule has 1 heteroatoms. The summed E-state index contributed by atoms with van der Waals surface area (Å²) in [4.78, 5) is 0. The Labute approximate surface area is 113 Å². The molecule has 0 saturated carbocycles. The van der Waals surface area contributed by atoms with Crippen LogP contribution in [0.5, 0.6) is 0 Å². The second-order valence-electron chi connectivity index (χ2n) is 4.96. The van der Waals surface area contributed by atoms with E-state index in [4.69, 9.17) is 5.73 Å². The molecular weight excluding hydrogens is 230 g/mol. The summed E-state index contributed by atoms with van der Waals surface area (Å²) in [6.45, 7) is 2.10. The molecule has 0 heterocycles. The quantitative estimate of drug-likeness (QED) is 0.721. The van der Waals surface area contributed by atoms with Crippen molar-refractivity contribution >= 4 is 10.8 Å². The molecule has 3 aromatic carbocycles. The minimum absolute atomic E-state index is 0.0778. The number of fused-ring (bicyclic) bond motifs is 1. The van der Waals surface area contributed by atoms with Crippen LogP contribution < -0.4 is 5.73 Å². The van der Waals surface area contributed by atoms with E-state index in [1.165, 1.54) is 21.9 Å². The standard InChI is InChI=1S/C18H17N/c1-13-6-4-9-15(12-13)18(19)17-11-5-8-14-7-2-3-10-16(14)17/h2-12,18H,19H2,1H3. The van der Waals surface area contributed by atoms with Gasteiger partial charge in [-0.3, -0.25) is 0 Å². The predicted octanol–water partition coefficient (Wildman–Crippen LogP) is 4.20. The summed E-state index contributed by atoms with van der Waals surface area (Å²) in [6.07, 6.45) is 0. The van der Waals surface area contributed by atoms with Crippen molar-refractivity contribution in [2.75, 3.05) is 0 Å². The van der Waals surface area contributed by atoms with Crippen LogP contribution >= 0.6 is 0 Å². The maximum Gasteiger partial charge on any atom is 0.0557 e. The van der Waals surface area contributed by atoms with Gasteiger partial charge in [0.1, 0.15) is 0 Å². The zero-order chi connectivity index (χ0) is 13.2. The molecule has 19 heavy (non-hydrogen) atoms. The average molecular weight is 247 g/mol. The topological polar surface area (TPSA) is 26.0 Å². The number of hydrogen-bond donors (Lipinski definition) is 1. The predicted molar refractivity (Wildman–Crippen MR) is 81.2 cm³/mol. The maximum atomic E-state index is 6.45. The Balaban J connectivity index is 2.14. The number of hydrogen-bond acceptors (Lipinski definition) is 1. The van der Waals surface area contributed by atoms with Crippen molar-refractivity contribution in [2.24, 2.45) is 5.73 Å². The second kappa shape index (κ2) is 4.87. The molecule has 1 unspecified atom stereocenters. The molecule has 0 aliphatic rings. The summed E-state index contributed by atoms with van der Waals surface area (Å²) in [5.41, 5.74) is 10.0. The first kappa shape index (κ1) is 11.9. The Morgan fingerprint density at radius 3 is 2.42 bits per heavy atom. The number of rotatable bonds is 2. The summed E-state index contributed by atoms with van der Waals surface area (Å²) >= 11 is 0. The third-order valence-electron chi connectivity index (χ3n) is 3.56. The van der Waals surface area contributed by atoms with E-state index in [9.17, 15) is 0 Å². The minimum atomic E-state index is -0.0778. The molecule has 0 bridgehead atoms. The van der Waals surface area contributed by atoms with Crippen molar-refractivity contribution < 1.29 is 0 Å². The van der Waals surface area contributed by atoms with E-state index in [1.807, 2.05) is 0 Å². The van der Waals surface area contributed by atoms with Crippen LogP contribution in [-0.4, -0.2) is 0 Å². The molecule has 0 spiro atoms. The van der Waals surface area contributed by atoms with Crippen molar-refractivity contribution in [3.8, 4) is 0 Å². The molecule has 1 atom stereocenters. The van der Waals surface area contributed by atoms with E-state index in [-0.39, 0.29) is 6.04 Å². The molecule has 2 N–H and O–H groups in total. The highest BCUT2D eigenvalue weighted by atomic mass is 14.6. The Hall–Kier alpha value is -2.12. The van der Waals surface area contributed by atoms with Crippen LogP contribution in [0, 0.1) is 6.92 Å². The highest BCUT2D eigenvalue weighted by Crippen LogP contribution is 2.27. The lowest BCUT2D eigenvalue weighted by Gasteiger charge is -2.15. The van der Waals surface area contributed by atoms with Gasteiger partial charge in [-0.2, -0.15) is 0 Å². The number of nitrogens with two attached hydrogens (primary N) is 1. The van der Waals surface area contributed by atoms with Crippen molar-refractivity contribution in [3.05, 3.63) is 83.4 Å². The van der Waals surface area contributed by atoms with Gasteiger partial charge in [0.2, 0.25) is 0 Å². The molecule has 0 aliphatic heterocycles. The fourth-order valence-corrected chi connectivity index (χ4v) is 2.56. The summed E-state index contributed by atoms with van der Waals surface area (Å²) in [6, 6.07) is 23.1. The van der Waals surface area contributed by atoms with Crippen LogP contribution in [-0.2, 0) is 0 Å². The lowest BCUT2D eigenvalue weighted by atomic mass is 9.94. The van der Waals surface area contributed by atoms with Crippen LogP contribution in [0.2, 0.25) is 0 Å². The zero-order valence-electron chi connectivity index (χ0n) is 11.0. The number of benzene rings is 3. The van der Waals surface area contributed by atoms with Gasteiger partial charge in [0.25, 0.3) is 0 Å². The Morgan fingerprint density at radius 1 is 0.842 bits per heavy atom. The lowest BCUT2D eigenvalue weighted by Crippen LogP contribution is -2.12. The van der Waals surface area contributed by atoms with Crippen molar-refractivity contribution in [2.45, 2.75) is 13.0 Å². The first-order chi connectivity index (χ1) is 9.25. The van der Waals surface area contributed by atoms with Crippen molar-refractivity contribution in [3.63, 3.8) is 0 Å². The normalized spacial score (nSPS) is 12.5. The van der Waals surface area contributed by atoms with Gasteiger partial charge < -0.3 is 5.73 Å². The molecule has 3 aromatic rings. The minimum Gasteiger partial charge on any atom is -0.320 e. The first-order valence-electron chi connectivity index (χ1n) is 6.55. The SMILES string of the molecule is Cc1cccc(C(N)c2cccc3ccccc23)c1. The monoisotopic (exact) mass is 247 g/mol. The van der Waals surface area contributed by atoms with Gasteiger partial charge in [-0.1, -0.05) is 72.3 Å². The lowest BCUT2D eigenvalue weighted by molar-refractivity contribution is 0.879. The van der Waals surface area contributed by atoms with Crippen LogP contribution in [0.4, 0.5) is 0 Å². The highest BCUT2D eigenvalue weighted by molar-refractivity contribution is 5.86. The largest absolute Gasteiger partial charge is 0.320 e. The van der Waals surface area contributed by atoms with E-state index in [1.54, 1.807) is 0 Å². The van der Waals surface area contributed by atoms with Crippen LogP contribution in [0.15, 0.2) is 66.7 Å². The molecule has 0 aliphatic carbocycles. The molecule has 1 nitrogen and oxygen atoms in total. The second-order valence-corrected chi connectivity index (χ2v) is 4.96. The Bertz CT molecular complexity index is 710. The van der Waals surface area contributed by atoms with Crippen LogP contribution in [0.1, 0.15) is 22.7 Å². The summed E-state index contributed by atoms with van der Waals surface area (Å²) in [5, 5.41) is 2.47. The summed E-state index contributed by atoms with van der Waals surface area (Å²) in [7, 11) is 0. The summed E-state index contributed by atoms with van der Waals surface area (Å²) in [5.74, 6) is 0. The third kappa shape index (κ3) is 2.25. The van der Waals surface area contributed by atoms with Gasteiger partial charge in [0, 0.05) is 0 Å². The van der Waals surface area contributed by atoms with Gasteiger partial charge in [-0.15, -0.1) is 0 Å². The molecule has 0 amide bonds. The fourth-order valence-electron chi connectivity index (χ4n) is 2.56. The fraction of sp³-hybridized carbons (Fsp3) is 0.111. The van der Waals surface area contributed by atoms with E-state index >= 15 is 0 Å². The molecule has 94 valence electrons. The molecule has 0 radical (unpaired) electrons. The van der Waals surface area contributed by atoms with Gasteiger partial charge >= 0.3 is 0 Å². The molecule has 0 aromatic heterocycles. The summed E-state index contributed by atoms with van der Waals surface area (Å²) < 4.78 is 0. The van der Waals surface area contributed by atoms with E-state index in [0.29, 0.717) is 0 Å². The van der Waals surface area contributed by atoms with E-state index in [2.05, 4.69) is 73.7 Å². The van der Waals surface area contributed by atoms with Gasteiger partial charge in [0.05, 0.1) is 6.04 Å². The smallest absolute Gasteiger partial charge is 0.0557 e. The molecule has 3 rings (SSSR count). The first-order valence-corrected chi connectivity index (χ1v) is 6.55. The third-order valence-corrected chi connectivity index (χ3v) is 3.56. The Kier molecular flexibility index (Phi) is 3.06. The zero-order valence-corrected chi connectivity index (χ0v) is 11.0. The molecule has 0 fully saturated rings. The van der Waals surface area contributed by atoms with Gasteiger partial charge in [0.15, 0.2) is 0 Å². The van der Waals surface area contributed by atoms with Crippen molar-refractivity contribution in [1.82, 2.24) is 0 Å². The van der Waals surface area contributed by atoms with Crippen LogP contribution in [0.25, 0.3) is 10.8 Å². The van der Waals surface area contributed by atoms with Gasteiger partial charge in [-0.25, -0.2) is 0 Å². The highest BCUT2D eigenvalue weighted by Gasteiger charge is 2.11. The average Bonchev–Trinajstić information content (AvgIpc) is 2.46. The number of aryl methyl sites for hydroxylation is 1.